The highest BCUT2D eigenvalue weighted by atomic mass is 35.5. The third-order valence-corrected chi connectivity index (χ3v) is 3.77. The van der Waals surface area contributed by atoms with Gasteiger partial charge in [-0.1, -0.05) is 34.1 Å². The molecule has 0 saturated heterocycles. The van der Waals surface area contributed by atoms with Crippen LogP contribution in [0.4, 0.5) is 0 Å². The van der Waals surface area contributed by atoms with Crippen molar-refractivity contribution in [1.82, 2.24) is 9.78 Å². The predicted molar refractivity (Wildman–Crippen MR) is 74.8 cm³/mol. The third-order valence-electron chi connectivity index (χ3n) is 3.24. The van der Waals surface area contributed by atoms with Crippen LogP contribution in [0.2, 0.25) is 0 Å². The maximum atomic E-state index is 6.45. The van der Waals surface area contributed by atoms with Crippen LogP contribution in [-0.4, -0.2) is 9.78 Å². The molecular weight excluding hydrogens is 232 g/mol. The molecule has 0 aliphatic heterocycles. The van der Waals surface area contributed by atoms with Gasteiger partial charge < -0.3 is 0 Å². The summed E-state index contributed by atoms with van der Waals surface area (Å²) in [5.74, 6) is 0. The number of alkyl halides is 1. The van der Waals surface area contributed by atoms with E-state index in [0.717, 1.165) is 25.8 Å². The molecule has 1 unspecified atom stereocenters. The highest BCUT2D eigenvalue weighted by Gasteiger charge is 2.20. The second-order valence-corrected chi connectivity index (χ2v) is 4.99. The summed E-state index contributed by atoms with van der Waals surface area (Å²) in [5, 5.41) is 4.86. The van der Waals surface area contributed by atoms with Crippen molar-refractivity contribution in [2.24, 2.45) is 0 Å². The molecule has 1 atom stereocenters. The van der Waals surface area contributed by atoms with Crippen molar-refractivity contribution < 1.29 is 0 Å². The Morgan fingerprint density at radius 2 is 1.88 bits per heavy atom. The van der Waals surface area contributed by atoms with E-state index in [0.29, 0.717) is 0 Å². The Labute approximate surface area is 110 Å². The average molecular weight is 257 g/mol. The van der Waals surface area contributed by atoms with E-state index < -0.39 is 0 Å². The van der Waals surface area contributed by atoms with E-state index in [1.807, 2.05) is 0 Å². The molecule has 0 spiro atoms. The molecule has 17 heavy (non-hydrogen) atoms. The van der Waals surface area contributed by atoms with Crippen LogP contribution in [0.25, 0.3) is 0 Å². The van der Waals surface area contributed by atoms with Crippen LogP contribution in [0, 0.1) is 0 Å². The summed E-state index contributed by atoms with van der Waals surface area (Å²) < 4.78 is 2.18. The first-order valence-corrected chi connectivity index (χ1v) is 7.35. The normalized spacial score (nSPS) is 13.0. The van der Waals surface area contributed by atoms with Crippen LogP contribution < -0.4 is 0 Å². The van der Waals surface area contributed by atoms with Gasteiger partial charge in [0, 0.05) is 17.8 Å². The number of hydrogen-bond donors (Lipinski definition) is 0. The van der Waals surface area contributed by atoms with Crippen LogP contribution in [-0.2, 0) is 19.4 Å². The lowest BCUT2D eigenvalue weighted by Gasteiger charge is -2.10. The zero-order chi connectivity index (χ0) is 12.8. The number of aryl methyl sites for hydroxylation is 2. The van der Waals surface area contributed by atoms with Gasteiger partial charge in [0.2, 0.25) is 0 Å². The Hall–Kier alpha value is -0.500. The molecule has 0 saturated carbocycles. The molecule has 1 rings (SSSR count). The zero-order valence-corrected chi connectivity index (χ0v) is 12.3. The van der Waals surface area contributed by atoms with Gasteiger partial charge in [-0.25, -0.2) is 0 Å². The van der Waals surface area contributed by atoms with Crippen LogP contribution in [0.5, 0.6) is 0 Å². The fourth-order valence-corrected chi connectivity index (χ4v) is 2.51. The summed E-state index contributed by atoms with van der Waals surface area (Å²) in [5.41, 5.74) is 3.84. The summed E-state index contributed by atoms with van der Waals surface area (Å²) in [7, 11) is 0. The van der Waals surface area contributed by atoms with Crippen molar-refractivity contribution in [2.75, 3.05) is 0 Å². The highest BCUT2D eigenvalue weighted by molar-refractivity contribution is 6.20. The smallest absolute Gasteiger partial charge is 0.0671 e. The van der Waals surface area contributed by atoms with Gasteiger partial charge in [0.05, 0.1) is 11.1 Å². The number of unbranched alkanes of at least 4 members (excludes halogenated alkanes) is 1. The first-order chi connectivity index (χ1) is 8.19. The monoisotopic (exact) mass is 256 g/mol. The van der Waals surface area contributed by atoms with Gasteiger partial charge in [0.15, 0.2) is 0 Å². The Balaban J connectivity index is 3.11. The maximum Gasteiger partial charge on any atom is 0.0671 e. The summed E-state index contributed by atoms with van der Waals surface area (Å²) in [4.78, 5) is 0. The Kier molecular flexibility index (Phi) is 6.04. The largest absolute Gasteiger partial charge is 0.269 e. The number of halogens is 1. The van der Waals surface area contributed by atoms with Crippen LogP contribution in [0.3, 0.4) is 0 Å². The zero-order valence-electron chi connectivity index (χ0n) is 11.6. The summed E-state index contributed by atoms with van der Waals surface area (Å²) in [6, 6.07) is 0. The van der Waals surface area contributed by atoms with Crippen molar-refractivity contribution in [3.63, 3.8) is 0 Å². The van der Waals surface area contributed by atoms with Crippen molar-refractivity contribution in [3.05, 3.63) is 17.0 Å². The fourth-order valence-electron chi connectivity index (χ4n) is 2.26. The lowest BCUT2D eigenvalue weighted by atomic mass is 10.0. The minimum absolute atomic E-state index is 0.121. The van der Waals surface area contributed by atoms with Crippen molar-refractivity contribution >= 4 is 11.6 Å². The van der Waals surface area contributed by atoms with E-state index in [-0.39, 0.29) is 5.38 Å². The maximum absolute atomic E-state index is 6.45. The van der Waals surface area contributed by atoms with Crippen LogP contribution in [0.15, 0.2) is 0 Å². The van der Waals surface area contributed by atoms with Crippen LogP contribution in [0.1, 0.15) is 69.3 Å². The lowest BCUT2D eigenvalue weighted by molar-refractivity contribution is 0.545. The summed E-state index contributed by atoms with van der Waals surface area (Å²) in [6.45, 7) is 9.74. The van der Waals surface area contributed by atoms with Crippen LogP contribution >= 0.6 is 11.6 Å². The Morgan fingerprint density at radius 3 is 2.35 bits per heavy atom. The molecular formula is C14H25ClN2. The highest BCUT2D eigenvalue weighted by Crippen LogP contribution is 2.31. The van der Waals surface area contributed by atoms with E-state index in [1.54, 1.807) is 0 Å². The van der Waals surface area contributed by atoms with E-state index in [2.05, 4.69) is 32.4 Å². The number of nitrogens with zero attached hydrogens (tertiary/aromatic N) is 2. The van der Waals surface area contributed by atoms with Gasteiger partial charge in [0.25, 0.3) is 0 Å². The molecule has 3 heteroatoms. The number of rotatable bonds is 7. The molecule has 0 amide bonds. The quantitative estimate of drug-likeness (QED) is 0.657. The standard InChI is InChI=1S/C14H25ClN2/c1-5-9-10-17-13(8-4)14(11(15)6-2)12(7-3)16-17/h11H,5-10H2,1-4H3. The van der Waals surface area contributed by atoms with Gasteiger partial charge in [-0.2, -0.15) is 5.10 Å². The third kappa shape index (κ3) is 3.25. The molecule has 98 valence electrons. The van der Waals surface area contributed by atoms with Gasteiger partial charge >= 0.3 is 0 Å². The van der Waals surface area contributed by atoms with E-state index >= 15 is 0 Å². The molecule has 0 bridgehead atoms. The molecule has 0 fully saturated rings. The minimum atomic E-state index is 0.121. The lowest BCUT2D eigenvalue weighted by Crippen LogP contribution is -2.05. The number of aromatic nitrogens is 2. The number of hydrogen-bond acceptors (Lipinski definition) is 1. The van der Waals surface area contributed by atoms with Gasteiger partial charge in [-0.05, 0) is 25.7 Å². The molecule has 0 aliphatic carbocycles. The van der Waals surface area contributed by atoms with Gasteiger partial charge in [-0.15, -0.1) is 11.6 Å². The fraction of sp³-hybridized carbons (Fsp3) is 0.786. The Bertz CT molecular complexity index is 344. The van der Waals surface area contributed by atoms with E-state index in [4.69, 9.17) is 16.7 Å². The average Bonchev–Trinajstić information content (AvgIpc) is 2.72. The molecule has 1 aromatic rings. The molecule has 0 radical (unpaired) electrons. The molecule has 0 aromatic carbocycles. The molecule has 1 heterocycles. The summed E-state index contributed by atoms with van der Waals surface area (Å²) >= 11 is 6.45. The first kappa shape index (κ1) is 14.6. The van der Waals surface area contributed by atoms with E-state index in [9.17, 15) is 0 Å². The molecule has 0 N–H and O–H groups in total. The predicted octanol–water partition coefficient (Wildman–Crippen LogP) is 4.50. The van der Waals surface area contributed by atoms with Crippen molar-refractivity contribution in [3.8, 4) is 0 Å². The molecule has 1 aromatic heterocycles. The van der Waals surface area contributed by atoms with E-state index in [1.165, 1.54) is 29.8 Å². The topological polar surface area (TPSA) is 17.8 Å². The Morgan fingerprint density at radius 1 is 1.18 bits per heavy atom. The van der Waals surface area contributed by atoms with Gasteiger partial charge in [-0.3, -0.25) is 4.68 Å². The molecule has 0 aliphatic rings. The second-order valence-electron chi connectivity index (χ2n) is 4.47. The van der Waals surface area contributed by atoms with Gasteiger partial charge in [0.1, 0.15) is 0 Å². The summed E-state index contributed by atoms with van der Waals surface area (Å²) in [6.07, 6.45) is 5.37. The molecule has 2 nitrogen and oxygen atoms in total. The second kappa shape index (κ2) is 7.05. The SMILES string of the molecule is CCCCn1nc(CC)c(C(Cl)CC)c1CC. The van der Waals surface area contributed by atoms with Crippen molar-refractivity contribution in [1.29, 1.82) is 0 Å². The first-order valence-electron chi connectivity index (χ1n) is 6.91. The van der Waals surface area contributed by atoms with Crippen molar-refractivity contribution in [2.45, 2.75) is 71.7 Å². The minimum Gasteiger partial charge on any atom is -0.269 e.